The highest BCUT2D eigenvalue weighted by Crippen LogP contribution is 2.47. The van der Waals surface area contributed by atoms with Crippen molar-refractivity contribution >= 4 is 28.6 Å². The number of anilines is 2. The first-order valence-electron chi connectivity index (χ1n) is 9.59. The summed E-state index contributed by atoms with van der Waals surface area (Å²) < 4.78 is 4.97. The molecular weight excluding hydrogens is 354 g/mol. The summed E-state index contributed by atoms with van der Waals surface area (Å²) in [7, 11) is 0. The maximum Gasteiger partial charge on any atom is 0.341 e. The lowest BCUT2D eigenvalue weighted by Gasteiger charge is -2.20. The second kappa shape index (κ2) is 6.74. The summed E-state index contributed by atoms with van der Waals surface area (Å²) in [4.78, 5) is 27.3. The molecule has 0 spiro atoms. The van der Waals surface area contributed by atoms with Gasteiger partial charge in [-0.1, -0.05) is 18.2 Å². The van der Waals surface area contributed by atoms with E-state index in [1.54, 1.807) is 19.3 Å². The van der Waals surface area contributed by atoms with Gasteiger partial charge in [-0.2, -0.15) is 0 Å². The Morgan fingerprint density at radius 2 is 1.89 bits per heavy atom. The number of nitrogens with zero attached hydrogens (tertiary/aromatic N) is 4. The maximum atomic E-state index is 11.7. The molecule has 142 valence electrons. The highest BCUT2D eigenvalue weighted by atomic mass is 16.5. The van der Waals surface area contributed by atoms with Gasteiger partial charge in [-0.25, -0.2) is 19.7 Å². The monoisotopic (exact) mass is 375 g/mol. The van der Waals surface area contributed by atoms with Gasteiger partial charge in [-0.15, -0.1) is 0 Å². The van der Waals surface area contributed by atoms with Gasteiger partial charge in [0.25, 0.3) is 0 Å². The van der Waals surface area contributed by atoms with Crippen molar-refractivity contribution in [3.8, 4) is 0 Å². The Labute approximate surface area is 162 Å². The molecule has 2 unspecified atom stereocenters. The third kappa shape index (κ3) is 3.02. The SMILES string of the molecule is CCOC(=O)c1cnc(N2CC3C(C2)C3Nc2ccc3ccccc3n2)nc1. The number of rotatable bonds is 5. The number of fused-ring (bicyclic) bond motifs is 2. The average Bonchev–Trinajstić information content (AvgIpc) is 3.16. The third-order valence-electron chi connectivity index (χ3n) is 5.54. The van der Waals surface area contributed by atoms with Crippen LogP contribution in [0.4, 0.5) is 11.8 Å². The van der Waals surface area contributed by atoms with E-state index in [-0.39, 0.29) is 5.97 Å². The van der Waals surface area contributed by atoms with E-state index in [0.29, 0.717) is 36.0 Å². The van der Waals surface area contributed by atoms with Crippen LogP contribution < -0.4 is 10.2 Å². The number of pyridine rings is 1. The molecule has 5 rings (SSSR count). The minimum absolute atomic E-state index is 0.344. The molecule has 1 N–H and O–H groups in total. The van der Waals surface area contributed by atoms with E-state index in [1.165, 1.54) is 0 Å². The normalized spacial score (nSPS) is 22.8. The molecule has 1 aromatic carbocycles. The first-order valence-corrected chi connectivity index (χ1v) is 9.59. The van der Waals surface area contributed by atoms with E-state index in [2.05, 4.69) is 32.3 Å². The second-order valence-corrected chi connectivity index (χ2v) is 7.28. The first kappa shape index (κ1) is 16.9. The quantitative estimate of drug-likeness (QED) is 0.687. The summed E-state index contributed by atoms with van der Waals surface area (Å²) in [5.74, 6) is 2.36. The van der Waals surface area contributed by atoms with Crippen LogP contribution >= 0.6 is 0 Å². The summed E-state index contributed by atoms with van der Waals surface area (Å²) in [5, 5.41) is 4.73. The minimum atomic E-state index is -0.384. The van der Waals surface area contributed by atoms with E-state index in [0.717, 1.165) is 29.8 Å². The molecule has 3 aromatic rings. The summed E-state index contributed by atoms with van der Waals surface area (Å²) in [5.41, 5.74) is 1.40. The Bertz CT molecular complexity index is 1010. The largest absolute Gasteiger partial charge is 0.462 e. The van der Waals surface area contributed by atoms with Crippen molar-refractivity contribution in [2.45, 2.75) is 13.0 Å². The van der Waals surface area contributed by atoms with Crippen molar-refractivity contribution in [3.63, 3.8) is 0 Å². The van der Waals surface area contributed by atoms with Crippen molar-refractivity contribution in [2.24, 2.45) is 11.8 Å². The Hall–Kier alpha value is -3.22. The number of para-hydroxylation sites is 1. The van der Waals surface area contributed by atoms with Gasteiger partial charge in [0.2, 0.25) is 5.95 Å². The highest BCUT2D eigenvalue weighted by Gasteiger charge is 2.56. The molecule has 28 heavy (non-hydrogen) atoms. The zero-order chi connectivity index (χ0) is 19.1. The van der Waals surface area contributed by atoms with Crippen molar-refractivity contribution < 1.29 is 9.53 Å². The fourth-order valence-electron chi connectivity index (χ4n) is 4.03. The molecule has 2 fully saturated rings. The smallest absolute Gasteiger partial charge is 0.341 e. The van der Waals surface area contributed by atoms with E-state index < -0.39 is 0 Å². The fraction of sp³-hybridized carbons (Fsp3) is 0.333. The lowest BCUT2D eigenvalue weighted by molar-refractivity contribution is 0.0525. The summed E-state index contributed by atoms with van der Waals surface area (Å²) >= 11 is 0. The van der Waals surface area contributed by atoms with Gasteiger partial charge >= 0.3 is 5.97 Å². The molecule has 2 atom stereocenters. The first-order chi connectivity index (χ1) is 13.7. The predicted octanol–water partition coefficient (Wildman–Crippen LogP) is 2.75. The number of hydrogen-bond acceptors (Lipinski definition) is 7. The fourth-order valence-corrected chi connectivity index (χ4v) is 4.03. The van der Waals surface area contributed by atoms with Gasteiger partial charge in [0.15, 0.2) is 0 Å². The number of carbonyl (C=O) groups is 1. The number of hydrogen-bond donors (Lipinski definition) is 1. The Morgan fingerprint density at radius 1 is 1.14 bits per heavy atom. The van der Waals surface area contributed by atoms with E-state index in [4.69, 9.17) is 9.72 Å². The van der Waals surface area contributed by atoms with Gasteiger partial charge in [-0.3, -0.25) is 0 Å². The molecule has 1 aliphatic heterocycles. The number of piperidine rings is 1. The Balaban J connectivity index is 1.20. The Kier molecular flexibility index (Phi) is 4.07. The number of ether oxygens (including phenoxy) is 1. The number of nitrogens with one attached hydrogen (secondary N) is 1. The molecule has 1 saturated heterocycles. The number of carbonyl (C=O) groups excluding carboxylic acids is 1. The van der Waals surface area contributed by atoms with E-state index in [9.17, 15) is 4.79 Å². The van der Waals surface area contributed by atoms with Crippen molar-refractivity contribution in [2.75, 3.05) is 29.9 Å². The summed E-state index contributed by atoms with van der Waals surface area (Å²) in [6, 6.07) is 12.7. The van der Waals surface area contributed by atoms with Gasteiger partial charge in [-0.05, 0) is 25.1 Å². The van der Waals surface area contributed by atoms with Gasteiger partial charge in [0.1, 0.15) is 5.82 Å². The van der Waals surface area contributed by atoms with Crippen LogP contribution in [0.5, 0.6) is 0 Å². The lowest BCUT2D eigenvalue weighted by atomic mass is 10.2. The third-order valence-corrected chi connectivity index (χ3v) is 5.54. The molecule has 0 radical (unpaired) electrons. The molecule has 0 bridgehead atoms. The molecule has 2 aliphatic rings. The van der Waals surface area contributed by atoms with Crippen LogP contribution in [0, 0.1) is 11.8 Å². The predicted molar refractivity (Wildman–Crippen MR) is 106 cm³/mol. The van der Waals surface area contributed by atoms with Crippen LogP contribution in [0.15, 0.2) is 48.8 Å². The average molecular weight is 375 g/mol. The molecule has 3 heterocycles. The molecule has 1 saturated carbocycles. The second-order valence-electron chi connectivity index (χ2n) is 7.28. The maximum absolute atomic E-state index is 11.7. The van der Waals surface area contributed by atoms with E-state index >= 15 is 0 Å². The van der Waals surface area contributed by atoms with Crippen LogP contribution in [-0.4, -0.2) is 46.7 Å². The van der Waals surface area contributed by atoms with Crippen molar-refractivity contribution in [3.05, 3.63) is 54.4 Å². The van der Waals surface area contributed by atoms with Gasteiger partial charge in [0, 0.05) is 48.7 Å². The lowest BCUT2D eigenvalue weighted by Crippen LogP contribution is -2.29. The summed E-state index contributed by atoms with van der Waals surface area (Å²) in [6.45, 7) is 3.95. The highest BCUT2D eigenvalue weighted by molar-refractivity contribution is 5.88. The standard InChI is InChI=1S/C21H21N5O2/c1-2-28-20(27)14-9-22-21(23-10-14)26-11-15-16(12-26)19(15)25-18-8-7-13-5-3-4-6-17(13)24-18/h3-10,15-16,19H,2,11-12H2,1H3,(H,24,25). The molecule has 2 aromatic heterocycles. The van der Waals surface area contributed by atoms with Gasteiger partial charge in [0.05, 0.1) is 17.7 Å². The molecule has 1 aliphatic carbocycles. The summed E-state index contributed by atoms with van der Waals surface area (Å²) in [6.07, 6.45) is 3.08. The molecular formula is C21H21N5O2. The van der Waals surface area contributed by atoms with Crippen LogP contribution in [0.25, 0.3) is 10.9 Å². The molecule has 0 amide bonds. The topological polar surface area (TPSA) is 80.2 Å². The zero-order valence-corrected chi connectivity index (χ0v) is 15.6. The van der Waals surface area contributed by atoms with Crippen LogP contribution in [0.2, 0.25) is 0 Å². The molecule has 7 nitrogen and oxygen atoms in total. The van der Waals surface area contributed by atoms with Crippen LogP contribution in [-0.2, 0) is 4.74 Å². The number of benzene rings is 1. The van der Waals surface area contributed by atoms with Crippen molar-refractivity contribution in [1.82, 2.24) is 15.0 Å². The number of esters is 1. The number of aromatic nitrogens is 3. The minimum Gasteiger partial charge on any atom is -0.462 e. The molecule has 7 heteroatoms. The van der Waals surface area contributed by atoms with E-state index in [1.807, 2.05) is 24.3 Å². The van der Waals surface area contributed by atoms with Crippen LogP contribution in [0.1, 0.15) is 17.3 Å². The van der Waals surface area contributed by atoms with Crippen molar-refractivity contribution in [1.29, 1.82) is 0 Å². The zero-order valence-electron chi connectivity index (χ0n) is 15.6. The van der Waals surface area contributed by atoms with Crippen LogP contribution in [0.3, 0.4) is 0 Å². The Morgan fingerprint density at radius 3 is 2.64 bits per heavy atom. The van der Waals surface area contributed by atoms with Gasteiger partial charge < -0.3 is 15.0 Å².